The molecule has 1 aliphatic rings. The zero-order chi connectivity index (χ0) is 22.3. The summed E-state index contributed by atoms with van der Waals surface area (Å²) in [6.07, 6.45) is 9.61. The molecule has 6 nitrogen and oxygen atoms in total. The van der Waals surface area contributed by atoms with Gasteiger partial charge >= 0.3 is 0 Å². The molecule has 1 aliphatic carbocycles. The first-order valence-electron chi connectivity index (χ1n) is 11.2. The molecular formula is C26H29N3O3. The van der Waals surface area contributed by atoms with Gasteiger partial charge in [-0.25, -0.2) is 0 Å². The maximum atomic E-state index is 13.5. The molecule has 3 aromatic rings. The van der Waals surface area contributed by atoms with Gasteiger partial charge in [-0.1, -0.05) is 48.7 Å². The lowest BCUT2D eigenvalue weighted by molar-refractivity contribution is -0.126. The fourth-order valence-corrected chi connectivity index (χ4v) is 4.37. The molecule has 6 heteroatoms. The number of carbonyl (C=O) groups excluding carboxylic acids is 2. The SMILES string of the molecule is Cc1cccc(CCN(C(=O)c2ccco2)[C@H](C(=O)NC2CCCC2)c2cccnc2)c1. The number of aromatic nitrogens is 1. The summed E-state index contributed by atoms with van der Waals surface area (Å²) in [5, 5.41) is 3.17. The molecule has 1 atom stereocenters. The minimum Gasteiger partial charge on any atom is -0.459 e. The number of nitrogens with one attached hydrogen (secondary N) is 1. The monoisotopic (exact) mass is 431 g/mol. The van der Waals surface area contributed by atoms with Crippen molar-refractivity contribution in [2.75, 3.05) is 6.54 Å². The van der Waals surface area contributed by atoms with Crippen LogP contribution >= 0.6 is 0 Å². The molecule has 1 fully saturated rings. The van der Waals surface area contributed by atoms with Gasteiger partial charge in [0.15, 0.2) is 5.76 Å². The number of hydrogen-bond donors (Lipinski definition) is 1. The van der Waals surface area contributed by atoms with Crippen LogP contribution in [0.25, 0.3) is 0 Å². The van der Waals surface area contributed by atoms with E-state index in [1.165, 1.54) is 6.26 Å². The molecule has 2 heterocycles. The first kappa shape index (κ1) is 21.8. The number of carbonyl (C=O) groups is 2. The van der Waals surface area contributed by atoms with Crippen LogP contribution in [0.3, 0.4) is 0 Å². The number of nitrogens with zero attached hydrogens (tertiary/aromatic N) is 2. The highest BCUT2D eigenvalue weighted by atomic mass is 16.3. The average Bonchev–Trinajstić information content (AvgIpc) is 3.51. The van der Waals surface area contributed by atoms with E-state index in [2.05, 4.69) is 16.4 Å². The van der Waals surface area contributed by atoms with Crippen molar-refractivity contribution in [2.24, 2.45) is 0 Å². The van der Waals surface area contributed by atoms with Gasteiger partial charge in [0.05, 0.1) is 6.26 Å². The Kier molecular flexibility index (Phi) is 7.00. The lowest BCUT2D eigenvalue weighted by Gasteiger charge is -2.31. The van der Waals surface area contributed by atoms with E-state index in [0.717, 1.165) is 36.8 Å². The van der Waals surface area contributed by atoms with E-state index in [0.29, 0.717) is 18.5 Å². The molecule has 2 amide bonds. The van der Waals surface area contributed by atoms with Crippen molar-refractivity contribution in [2.45, 2.75) is 51.1 Å². The third-order valence-electron chi connectivity index (χ3n) is 5.98. The van der Waals surface area contributed by atoms with E-state index >= 15 is 0 Å². The first-order chi connectivity index (χ1) is 15.6. The van der Waals surface area contributed by atoms with Crippen molar-refractivity contribution >= 4 is 11.8 Å². The Hall–Kier alpha value is -3.41. The number of rotatable bonds is 8. The van der Waals surface area contributed by atoms with E-state index in [1.807, 2.05) is 31.2 Å². The van der Waals surface area contributed by atoms with E-state index in [1.54, 1.807) is 35.5 Å². The minimum absolute atomic E-state index is 0.152. The summed E-state index contributed by atoms with van der Waals surface area (Å²) in [6.45, 7) is 2.42. The molecule has 0 aliphatic heterocycles. The van der Waals surface area contributed by atoms with E-state index in [-0.39, 0.29) is 23.6 Å². The Labute approximate surface area is 188 Å². The van der Waals surface area contributed by atoms with Crippen LogP contribution in [0, 0.1) is 6.92 Å². The van der Waals surface area contributed by atoms with Crippen molar-refractivity contribution < 1.29 is 14.0 Å². The van der Waals surface area contributed by atoms with E-state index in [4.69, 9.17) is 4.42 Å². The summed E-state index contributed by atoms with van der Waals surface area (Å²) in [5.41, 5.74) is 2.96. The lowest BCUT2D eigenvalue weighted by Crippen LogP contribution is -2.46. The van der Waals surface area contributed by atoms with Crippen LogP contribution in [0.1, 0.15) is 59.0 Å². The summed E-state index contributed by atoms with van der Waals surface area (Å²) < 4.78 is 5.41. The molecule has 166 valence electrons. The van der Waals surface area contributed by atoms with Gasteiger partial charge in [-0.3, -0.25) is 14.6 Å². The molecule has 32 heavy (non-hydrogen) atoms. The molecule has 4 rings (SSSR count). The van der Waals surface area contributed by atoms with Gasteiger partial charge in [-0.2, -0.15) is 0 Å². The quantitative estimate of drug-likeness (QED) is 0.571. The number of benzene rings is 1. The van der Waals surface area contributed by atoms with E-state index < -0.39 is 6.04 Å². The molecule has 0 radical (unpaired) electrons. The fourth-order valence-electron chi connectivity index (χ4n) is 4.37. The molecule has 1 N–H and O–H groups in total. The Morgan fingerprint density at radius 1 is 1.16 bits per heavy atom. The normalized spacial score (nSPS) is 14.8. The van der Waals surface area contributed by atoms with Crippen LogP contribution in [0.15, 0.2) is 71.6 Å². The first-order valence-corrected chi connectivity index (χ1v) is 11.2. The number of aryl methyl sites for hydroxylation is 1. The van der Waals surface area contributed by atoms with Crippen LogP contribution in [-0.2, 0) is 11.2 Å². The molecule has 1 saturated carbocycles. The zero-order valence-electron chi connectivity index (χ0n) is 18.4. The fraction of sp³-hybridized carbons (Fsp3) is 0.346. The Morgan fingerprint density at radius 2 is 2.00 bits per heavy atom. The molecule has 0 spiro atoms. The van der Waals surface area contributed by atoms with Crippen LogP contribution in [0.4, 0.5) is 0 Å². The summed E-state index contributed by atoms with van der Waals surface area (Å²) >= 11 is 0. The minimum atomic E-state index is -0.785. The largest absolute Gasteiger partial charge is 0.459 e. The molecule has 0 saturated heterocycles. The Bertz CT molecular complexity index is 1030. The molecule has 2 aromatic heterocycles. The number of furan rings is 1. The van der Waals surface area contributed by atoms with E-state index in [9.17, 15) is 9.59 Å². The standard InChI is InChI=1S/C26H29N3O3/c1-19-7-4-8-20(17-19)13-15-29(26(31)23-12-6-16-32-23)24(21-9-5-14-27-18-21)25(30)28-22-10-2-3-11-22/h4-9,12,14,16-18,22,24H,2-3,10-11,13,15H2,1H3,(H,28,30)/t24-/m0/s1. The van der Waals surface area contributed by atoms with Crippen molar-refractivity contribution in [1.82, 2.24) is 15.2 Å². The van der Waals surface area contributed by atoms with Gasteiger partial charge in [0, 0.05) is 30.5 Å². The highest BCUT2D eigenvalue weighted by Crippen LogP contribution is 2.26. The predicted octanol–water partition coefficient (Wildman–Crippen LogP) is 4.47. The van der Waals surface area contributed by atoms with Gasteiger partial charge in [-0.15, -0.1) is 0 Å². The third kappa shape index (κ3) is 5.25. The summed E-state index contributed by atoms with van der Waals surface area (Å²) in [6, 6.07) is 14.5. The van der Waals surface area contributed by atoms with Crippen LogP contribution < -0.4 is 5.32 Å². The molecule has 0 bridgehead atoms. The highest BCUT2D eigenvalue weighted by Gasteiger charge is 2.34. The van der Waals surface area contributed by atoms with Crippen LogP contribution in [0.2, 0.25) is 0 Å². The van der Waals surface area contributed by atoms with Gasteiger partial charge in [0.1, 0.15) is 6.04 Å². The second-order valence-corrected chi connectivity index (χ2v) is 8.39. The lowest BCUT2D eigenvalue weighted by atomic mass is 10.0. The number of pyridine rings is 1. The summed E-state index contributed by atoms with van der Waals surface area (Å²) in [5.74, 6) is -0.260. The number of amides is 2. The second kappa shape index (κ2) is 10.3. The van der Waals surface area contributed by atoms with Gasteiger partial charge in [-0.05, 0) is 49.9 Å². The zero-order valence-corrected chi connectivity index (χ0v) is 18.4. The van der Waals surface area contributed by atoms with Crippen molar-refractivity contribution in [3.05, 3.63) is 89.6 Å². The number of hydrogen-bond acceptors (Lipinski definition) is 4. The van der Waals surface area contributed by atoms with Crippen molar-refractivity contribution in [1.29, 1.82) is 0 Å². The van der Waals surface area contributed by atoms with Gasteiger partial charge < -0.3 is 14.6 Å². The predicted molar refractivity (Wildman–Crippen MR) is 122 cm³/mol. The van der Waals surface area contributed by atoms with Crippen LogP contribution in [0.5, 0.6) is 0 Å². The highest BCUT2D eigenvalue weighted by molar-refractivity contribution is 5.96. The average molecular weight is 432 g/mol. The van der Waals surface area contributed by atoms with Gasteiger partial charge in [0.25, 0.3) is 5.91 Å². The molecule has 0 unspecified atom stereocenters. The van der Waals surface area contributed by atoms with Crippen molar-refractivity contribution in [3.8, 4) is 0 Å². The molecule has 1 aromatic carbocycles. The third-order valence-corrected chi connectivity index (χ3v) is 5.98. The smallest absolute Gasteiger partial charge is 0.290 e. The summed E-state index contributed by atoms with van der Waals surface area (Å²) in [7, 11) is 0. The Morgan fingerprint density at radius 3 is 2.69 bits per heavy atom. The van der Waals surface area contributed by atoms with Crippen LogP contribution in [-0.4, -0.2) is 34.3 Å². The van der Waals surface area contributed by atoms with Gasteiger partial charge in [0.2, 0.25) is 5.91 Å². The summed E-state index contributed by atoms with van der Waals surface area (Å²) in [4.78, 5) is 32.8. The van der Waals surface area contributed by atoms with Crippen molar-refractivity contribution in [3.63, 3.8) is 0 Å². The Balaban J connectivity index is 1.66. The molecular weight excluding hydrogens is 402 g/mol. The maximum Gasteiger partial charge on any atom is 0.290 e. The maximum absolute atomic E-state index is 13.5. The second-order valence-electron chi connectivity index (χ2n) is 8.39. The topological polar surface area (TPSA) is 75.4 Å².